The van der Waals surface area contributed by atoms with Crippen molar-refractivity contribution in [1.82, 2.24) is 25.5 Å². The molecule has 2 atom stereocenters. The van der Waals surface area contributed by atoms with Crippen LogP contribution in [0.5, 0.6) is 0 Å². The molecule has 0 bridgehead atoms. The summed E-state index contributed by atoms with van der Waals surface area (Å²) in [5.74, 6) is 2.44. The second-order valence-electron chi connectivity index (χ2n) is 6.13. The van der Waals surface area contributed by atoms with Crippen LogP contribution in [0.1, 0.15) is 30.9 Å². The van der Waals surface area contributed by atoms with Crippen molar-refractivity contribution in [2.75, 3.05) is 23.7 Å². The van der Waals surface area contributed by atoms with Crippen LogP contribution in [0.25, 0.3) is 0 Å². The number of rotatable bonds is 5. The third kappa shape index (κ3) is 3.42. The van der Waals surface area contributed by atoms with E-state index in [0.29, 0.717) is 30.6 Å². The molecule has 8 heteroatoms. The maximum atomic E-state index is 13.9. The molecule has 2 fully saturated rings. The molecule has 3 heterocycles. The Morgan fingerprint density at radius 3 is 2.96 bits per heavy atom. The molecule has 23 heavy (non-hydrogen) atoms. The van der Waals surface area contributed by atoms with Crippen LogP contribution in [0.2, 0.25) is 0 Å². The SMILES string of the molecule is F[C@H]1CNCC[C@H]1Nc1nccc(Nc2cc(C3CC3)[nH]n2)n1. The molecule has 1 aliphatic carbocycles. The molecule has 0 radical (unpaired) electrons. The fourth-order valence-corrected chi connectivity index (χ4v) is 2.78. The lowest BCUT2D eigenvalue weighted by Crippen LogP contribution is -2.45. The number of anilines is 3. The van der Waals surface area contributed by atoms with E-state index >= 15 is 0 Å². The number of hydrogen-bond acceptors (Lipinski definition) is 6. The molecule has 1 saturated heterocycles. The van der Waals surface area contributed by atoms with Crippen molar-refractivity contribution in [3.63, 3.8) is 0 Å². The maximum absolute atomic E-state index is 13.9. The van der Waals surface area contributed by atoms with Crippen molar-refractivity contribution >= 4 is 17.6 Å². The van der Waals surface area contributed by atoms with Gasteiger partial charge in [0.2, 0.25) is 5.95 Å². The third-order valence-corrected chi connectivity index (χ3v) is 4.25. The van der Waals surface area contributed by atoms with Gasteiger partial charge in [-0.3, -0.25) is 5.10 Å². The molecule has 4 rings (SSSR count). The van der Waals surface area contributed by atoms with E-state index in [0.717, 1.165) is 18.1 Å². The number of hydrogen-bond donors (Lipinski definition) is 4. The monoisotopic (exact) mass is 317 g/mol. The zero-order valence-electron chi connectivity index (χ0n) is 12.7. The highest BCUT2D eigenvalue weighted by atomic mass is 19.1. The van der Waals surface area contributed by atoms with Gasteiger partial charge in [0, 0.05) is 30.4 Å². The van der Waals surface area contributed by atoms with Gasteiger partial charge in [-0.05, 0) is 31.9 Å². The summed E-state index contributed by atoms with van der Waals surface area (Å²) in [7, 11) is 0. The zero-order chi connectivity index (χ0) is 15.6. The van der Waals surface area contributed by atoms with Crippen LogP contribution in [0, 0.1) is 0 Å². The van der Waals surface area contributed by atoms with Crippen molar-refractivity contribution in [3.05, 3.63) is 24.0 Å². The van der Waals surface area contributed by atoms with Crippen molar-refractivity contribution < 1.29 is 4.39 Å². The second kappa shape index (κ2) is 6.11. The lowest BCUT2D eigenvalue weighted by atomic mass is 10.1. The average molecular weight is 317 g/mol. The number of aromatic amines is 1. The van der Waals surface area contributed by atoms with Gasteiger partial charge in [0.15, 0.2) is 5.82 Å². The summed E-state index contributed by atoms with van der Waals surface area (Å²) in [6.07, 6.45) is 3.89. The van der Waals surface area contributed by atoms with Gasteiger partial charge in [-0.1, -0.05) is 0 Å². The van der Waals surface area contributed by atoms with Crippen LogP contribution in [0.4, 0.5) is 22.0 Å². The van der Waals surface area contributed by atoms with Crippen LogP contribution >= 0.6 is 0 Å². The fourth-order valence-electron chi connectivity index (χ4n) is 2.78. The van der Waals surface area contributed by atoms with Crippen LogP contribution < -0.4 is 16.0 Å². The second-order valence-corrected chi connectivity index (χ2v) is 6.13. The Labute approximate surface area is 133 Å². The average Bonchev–Trinajstić information content (AvgIpc) is 3.30. The number of nitrogens with zero attached hydrogens (tertiary/aromatic N) is 3. The first-order valence-corrected chi connectivity index (χ1v) is 8.04. The normalized spacial score (nSPS) is 24.4. The molecule has 0 aromatic carbocycles. The first-order valence-electron chi connectivity index (χ1n) is 8.04. The molecule has 2 aromatic heterocycles. The summed E-state index contributed by atoms with van der Waals surface area (Å²) in [5.41, 5.74) is 1.16. The fraction of sp³-hybridized carbons (Fsp3) is 0.533. The lowest BCUT2D eigenvalue weighted by molar-refractivity contribution is 0.244. The number of piperidine rings is 1. The van der Waals surface area contributed by atoms with E-state index in [1.54, 1.807) is 12.3 Å². The van der Waals surface area contributed by atoms with E-state index in [-0.39, 0.29) is 6.04 Å². The number of H-pyrrole nitrogens is 1. The molecule has 0 unspecified atom stereocenters. The Balaban J connectivity index is 1.42. The van der Waals surface area contributed by atoms with Gasteiger partial charge in [-0.15, -0.1) is 0 Å². The highest BCUT2D eigenvalue weighted by molar-refractivity contribution is 5.53. The van der Waals surface area contributed by atoms with E-state index < -0.39 is 6.17 Å². The van der Waals surface area contributed by atoms with Crippen LogP contribution in [0.3, 0.4) is 0 Å². The first-order chi connectivity index (χ1) is 11.3. The number of aromatic nitrogens is 4. The van der Waals surface area contributed by atoms with Gasteiger partial charge in [0.1, 0.15) is 12.0 Å². The molecular formula is C15H20FN7. The summed E-state index contributed by atoms with van der Waals surface area (Å²) >= 11 is 0. The van der Waals surface area contributed by atoms with Crippen molar-refractivity contribution in [2.45, 2.75) is 37.4 Å². The Hall–Kier alpha value is -2.22. The topological polar surface area (TPSA) is 90.6 Å². The van der Waals surface area contributed by atoms with E-state index in [4.69, 9.17) is 0 Å². The molecule has 7 nitrogen and oxygen atoms in total. The molecule has 122 valence electrons. The largest absolute Gasteiger partial charge is 0.348 e. The molecule has 2 aliphatic rings. The van der Waals surface area contributed by atoms with Gasteiger partial charge in [-0.25, -0.2) is 9.37 Å². The molecule has 4 N–H and O–H groups in total. The molecule has 0 amide bonds. The van der Waals surface area contributed by atoms with Gasteiger partial charge < -0.3 is 16.0 Å². The zero-order valence-corrected chi connectivity index (χ0v) is 12.7. The predicted molar refractivity (Wildman–Crippen MR) is 85.7 cm³/mol. The lowest BCUT2D eigenvalue weighted by Gasteiger charge is -2.27. The molecular weight excluding hydrogens is 297 g/mol. The Bertz CT molecular complexity index is 669. The Kier molecular flexibility index (Phi) is 3.82. The molecule has 0 spiro atoms. The highest BCUT2D eigenvalue weighted by Gasteiger charge is 2.26. The summed E-state index contributed by atoms with van der Waals surface area (Å²) in [5, 5.41) is 16.6. The van der Waals surface area contributed by atoms with Crippen LogP contribution in [0.15, 0.2) is 18.3 Å². The number of alkyl halides is 1. The van der Waals surface area contributed by atoms with Crippen molar-refractivity contribution in [2.24, 2.45) is 0 Å². The number of nitrogens with one attached hydrogen (secondary N) is 4. The minimum absolute atomic E-state index is 0.252. The van der Waals surface area contributed by atoms with Gasteiger partial charge in [-0.2, -0.15) is 10.1 Å². The first kappa shape index (κ1) is 14.4. The summed E-state index contributed by atoms with van der Waals surface area (Å²) in [6, 6.07) is 3.53. The summed E-state index contributed by atoms with van der Waals surface area (Å²) in [4.78, 5) is 8.57. The smallest absolute Gasteiger partial charge is 0.224 e. The van der Waals surface area contributed by atoms with Crippen LogP contribution in [-0.4, -0.2) is 45.5 Å². The molecule has 2 aromatic rings. The standard InChI is InChI=1S/C15H20FN7/c16-10-8-17-5-3-11(10)19-15-18-6-4-13(21-15)20-14-7-12(22-23-14)9-1-2-9/h4,6-7,9-11,17H,1-3,5,8H2,(H3,18,19,20,21,22,23)/t10-,11+/m0/s1. The predicted octanol–water partition coefficient (Wildman–Crippen LogP) is 1.93. The minimum Gasteiger partial charge on any atom is -0.348 e. The van der Waals surface area contributed by atoms with Gasteiger partial charge in [0.05, 0.1) is 6.04 Å². The van der Waals surface area contributed by atoms with Crippen molar-refractivity contribution in [3.8, 4) is 0 Å². The van der Waals surface area contributed by atoms with Crippen LogP contribution in [-0.2, 0) is 0 Å². The Morgan fingerprint density at radius 2 is 2.13 bits per heavy atom. The van der Waals surface area contributed by atoms with E-state index in [1.165, 1.54) is 12.8 Å². The Morgan fingerprint density at radius 1 is 1.22 bits per heavy atom. The quantitative estimate of drug-likeness (QED) is 0.674. The van der Waals surface area contributed by atoms with Crippen molar-refractivity contribution in [1.29, 1.82) is 0 Å². The highest BCUT2D eigenvalue weighted by Crippen LogP contribution is 2.39. The molecule has 1 aliphatic heterocycles. The third-order valence-electron chi connectivity index (χ3n) is 4.25. The minimum atomic E-state index is -0.934. The van der Waals surface area contributed by atoms with Gasteiger partial charge >= 0.3 is 0 Å². The van der Waals surface area contributed by atoms with E-state index in [1.807, 2.05) is 6.07 Å². The molecule has 1 saturated carbocycles. The summed E-state index contributed by atoms with van der Waals surface area (Å²) in [6.45, 7) is 1.17. The van der Waals surface area contributed by atoms with Gasteiger partial charge in [0.25, 0.3) is 0 Å². The van der Waals surface area contributed by atoms with E-state index in [9.17, 15) is 4.39 Å². The summed E-state index contributed by atoms with van der Waals surface area (Å²) < 4.78 is 13.9. The maximum Gasteiger partial charge on any atom is 0.224 e. The van der Waals surface area contributed by atoms with E-state index in [2.05, 4.69) is 36.1 Å². The number of halogens is 1.